The first-order valence-corrected chi connectivity index (χ1v) is 9.21. The monoisotopic (exact) mass is 371 g/mol. The van der Waals surface area contributed by atoms with Gasteiger partial charge in [0.05, 0.1) is 13.7 Å². The summed E-state index contributed by atoms with van der Waals surface area (Å²) in [5, 5.41) is 2.91. The Morgan fingerprint density at radius 3 is 2.52 bits per heavy atom. The molecule has 6 heteroatoms. The van der Waals surface area contributed by atoms with E-state index < -0.39 is 5.82 Å². The molecule has 0 radical (unpaired) electrons. The molecule has 1 aliphatic heterocycles. The highest BCUT2D eigenvalue weighted by Crippen LogP contribution is 2.22. The molecule has 2 aromatic rings. The predicted molar refractivity (Wildman–Crippen MR) is 106 cm³/mol. The van der Waals surface area contributed by atoms with Gasteiger partial charge in [0.25, 0.3) is 0 Å². The molecule has 1 amide bonds. The molecular formula is C21H26FN3O2. The number of nitrogens with zero attached hydrogens (tertiary/aromatic N) is 2. The lowest BCUT2D eigenvalue weighted by Crippen LogP contribution is -2.29. The number of halogens is 1. The molecule has 0 unspecified atom stereocenters. The van der Waals surface area contributed by atoms with Crippen LogP contribution in [0, 0.1) is 5.82 Å². The number of amides is 1. The Balaban J connectivity index is 1.50. The fourth-order valence-electron chi connectivity index (χ4n) is 3.35. The van der Waals surface area contributed by atoms with Gasteiger partial charge in [-0.05, 0) is 61.9 Å². The predicted octanol–water partition coefficient (Wildman–Crippen LogP) is 3.51. The Morgan fingerprint density at radius 1 is 1.19 bits per heavy atom. The maximum absolute atomic E-state index is 13.8. The van der Waals surface area contributed by atoms with Crippen LogP contribution in [0.4, 0.5) is 15.8 Å². The summed E-state index contributed by atoms with van der Waals surface area (Å²) in [6, 6.07) is 12.8. The molecule has 1 N–H and O–H groups in total. The van der Waals surface area contributed by atoms with Gasteiger partial charge in [0.15, 0.2) is 11.6 Å². The molecule has 0 atom stereocenters. The molecule has 144 valence electrons. The highest BCUT2D eigenvalue weighted by atomic mass is 19.1. The number of ether oxygens (including phenoxy) is 1. The summed E-state index contributed by atoms with van der Waals surface area (Å²) < 4.78 is 18.7. The van der Waals surface area contributed by atoms with Gasteiger partial charge >= 0.3 is 0 Å². The van der Waals surface area contributed by atoms with Crippen LogP contribution in [-0.2, 0) is 11.3 Å². The minimum absolute atomic E-state index is 0.0968. The summed E-state index contributed by atoms with van der Waals surface area (Å²) in [5.41, 5.74) is 2.77. The Labute approximate surface area is 159 Å². The van der Waals surface area contributed by atoms with Gasteiger partial charge in [0, 0.05) is 31.0 Å². The summed E-state index contributed by atoms with van der Waals surface area (Å²) in [7, 11) is 3.27. The lowest BCUT2D eigenvalue weighted by molar-refractivity contribution is -0.117. The van der Waals surface area contributed by atoms with E-state index in [2.05, 4.69) is 10.2 Å². The SMILES string of the molecule is COc1ccc(CN(C)CC(=O)Nc2ccc(N3CCCC3)cc2)cc1F. The average Bonchev–Trinajstić information content (AvgIpc) is 3.17. The molecule has 0 bridgehead atoms. The van der Waals surface area contributed by atoms with E-state index in [0.717, 1.165) is 24.3 Å². The van der Waals surface area contributed by atoms with Gasteiger partial charge in [-0.25, -0.2) is 4.39 Å². The second-order valence-electron chi connectivity index (χ2n) is 6.93. The number of carbonyl (C=O) groups is 1. The zero-order valence-electron chi connectivity index (χ0n) is 15.9. The molecule has 2 aromatic carbocycles. The summed E-state index contributed by atoms with van der Waals surface area (Å²) in [6.45, 7) is 2.90. The van der Waals surface area contributed by atoms with Crippen LogP contribution in [0.3, 0.4) is 0 Å². The fraction of sp³-hybridized carbons (Fsp3) is 0.381. The first kappa shape index (κ1) is 19.2. The van der Waals surface area contributed by atoms with Crippen molar-refractivity contribution < 1.29 is 13.9 Å². The van der Waals surface area contributed by atoms with E-state index in [9.17, 15) is 9.18 Å². The smallest absolute Gasteiger partial charge is 0.238 e. The van der Waals surface area contributed by atoms with Crippen LogP contribution in [0.5, 0.6) is 5.75 Å². The second kappa shape index (κ2) is 8.86. The molecule has 1 saturated heterocycles. The molecule has 1 heterocycles. The van der Waals surface area contributed by atoms with Crippen LogP contribution >= 0.6 is 0 Å². The Hall–Kier alpha value is -2.60. The highest BCUT2D eigenvalue weighted by molar-refractivity contribution is 5.92. The third-order valence-corrected chi connectivity index (χ3v) is 4.70. The molecule has 5 nitrogen and oxygen atoms in total. The van der Waals surface area contributed by atoms with Gasteiger partial charge in [0.2, 0.25) is 5.91 Å². The largest absolute Gasteiger partial charge is 0.494 e. The summed E-state index contributed by atoms with van der Waals surface area (Å²) in [4.78, 5) is 16.5. The van der Waals surface area contributed by atoms with Crippen molar-refractivity contribution in [1.29, 1.82) is 0 Å². The van der Waals surface area contributed by atoms with Gasteiger partial charge in [0.1, 0.15) is 0 Å². The average molecular weight is 371 g/mol. The van der Waals surface area contributed by atoms with Crippen molar-refractivity contribution in [3.05, 3.63) is 53.8 Å². The zero-order chi connectivity index (χ0) is 19.2. The van der Waals surface area contributed by atoms with Gasteiger partial charge < -0.3 is 15.0 Å². The van der Waals surface area contributed by atoms with E-state index >= 15 is 0 Å². The van der Waals surface area contributed by atoms with E-state index in [4.69, 9.17) is 4.74 Å². The zero-order valence-corrected chi connectivity index (χ0v) is 15.9. The fourth-order valence-corrected chi connectivity index (χ4v) is 3.35. The molecule has 1 fully saturated rings. The number of benzene rings is 2. The molecule has 1 aliphatic rings. The number of carbonyl (C=O) groups excluding carboxylic acids is 1. The number of likely N-dealkylation sites (N-methyl/N-ethyl adjacent to an activating group) is 1. The number of rotatable bonds is 7. The van der Waals surface area contributed by atoms with E-state index in [0.29, 0.717) is 6.54 Å². The summed E-state index contributed by atoms with van der Waals surface area (Å²) in [6.07, 6.45) is 2.48. The lowest BCUT2D eigenvalue weighted by atomic mass is 10.2. The Bertz CT molecular complexity index is 773. The number of anilines is 2. The van der Waals surface area contributed by atoms with Crippen molar-refractivity contribution in [3.63, 3.8) is 0 Å². The van der Waals surface area contributed by atoms with Crippen LogP contribution in [-0.4, -0.2) is 44.6 Å². The Morgan fingerprint density at radius 2 is 1.89 bits per heavy atom. The van der Waals surface area contributed by atoms with Crippen molar-refractivity contribution in [1.82, 2.24) is 4.90 Å². The minimum atomic E-state index is -0.397. The third-order valence-electron chi connectivity index (χ3n) is 4.70. The molecule has 0 spiro atoms. The number of methoxy groups -OCH3 is 1. The van der Waals surface area contributed by atoms with Gasteiger partial charge in [-0.3, -0.25) is 9.69 Å². The first-order chi connectivity index (χ1) is 13.0. The van der Waals surface area contributed by atoms with Crippen LogP contribution in [0.2, 0.25) is 0 Å². The molecule has 0 saturated carbocycles. The van der Waals surface area contributed by atoms with Gasteiger partial charge in [-0.15, -0.1) is 0 Å². The molecule has 0 aliphatic carbocycles. The van der Waals surface area contributed by atoms with E-state index in [1.807, 2.05) is 36.2 Å². The summed E-state index contributed by atoms with van der Waals surface area (Å²) in [5.74, 6) is -0.275. The van der Waals surface area contributed by atoms with Crippen LogP contribution in [0.15, 0.2) is 42.5 Å². The number of hydrogen-bond donors (Lipinski definition) is 1. The molecular weight excluding hydrogens is 345 g/mol. The van der Waals surface area contributed by atoms with Crippen molar-refractivity contribution in [2.75, 3.05) is 44.0 Å². The molecule has 27 heavy (non-hydrogen) atoms. The van der Waals surface area contributed by atoms with E-state index in [1.165, 1.54) is 31.7 Å². The lowest BCUT2D eigenvalue weighted by Gasteiger charge is -2.19. The Kier molecular flexibility index (Phi) is 6.29. The standard InChI is InChI=1S/C21H26FN3O2/c1-24(14-16-5-10-20(27-2)19(22)13-16)15-21(26)23-17-6-8-18(9-7-17)25-11-3-4-12-25/h5-10,13H,3-4,11-12,14-15H2,1-2H3,(H,23,26). The van der Waals surface area contributed by atoms with Gasteiger partial charge in [-0.1, -0.05) is 6.07 Å². The van der Waals surface area contributed by atoms with E-state index in [-0.39, 0.29) is 18.2 Å². The van der Waals surface area contributed by atoms with Gasteiger partial charge in [-0.2, -0.15) is 0 Å². The van der Waals surface area contributed by atoms with Crippen molar-refractivity contribution >= 4 is 17.3 Å². The number of hydrogen-bond acceptors (Lipinski definition) is 4. The van der Waals surface area contributed by atoms with Crippen molar-refractivity contribution in [2.24, 2.45) is 0 Å². The quantitative estimate of drug-likeness (QED) is 0.809. The molecule has 0 aromatic heterocycles. The van der Waals surface area contributed by atoms with Crippen LogP contribution in [0.1, 0.15) is 18.4 Å². The van der Waals surface area contributed by atoms with Crippen molar-refractivity contribution in [2.45, 2.75) is 19.4 Å². The van der Waals surface area contributed by atoms with E-state index in [1.54, 1.807) is 12.1 Å². The normalized spacial score (nSPS) is 13.9. The third kappa shape index (κ3) is 5.20. The highest BCUT2D eigenvalue weighted by Gasteiger charge is 2.13. The maximum atomic E-state index is 13.8. The second-order valence-corrected chi connectivity index (χ2v) is 6.93. The number of nitrogens with one attached hydrogen (secondary N) is 1. The summed E-state index contributed by atoms with van der Waals surface area (Å²) >= 11 is 0. The first-order valence-electron chi connectivity index (χ1n) is 9.21. The van der Waals surface area contributed by atoms with Crippen LogP contribution in [0.25, 0.3) is 0 Å². The van der Waals surface area contributed by atoms with Crippen molar-refractivity contribution in [3.8, 4) is 5.75 Å². The maximum Gasteiger partial charge on any atom is 0.238 e. The van der Waals surface area contributed by atoms with Crippen LogP contribution < -0.4 is 15.0 Å². The minimum Gasteiger partial charge on any atom is -0.494 e. The topological polar surface area (TPSA) is 44.8 Å². The molecule has 3 rings (SSSR count).